The number of hydrogen-bond donors (Lipinski definition) is 3. The molecule has 0 aliphatic carbocycles. The first-order valence-corrected chi connectivity index (χ1v) is 7.73. The standard InChI is InChI=1S/C13H14BrN3O2S/c14-11-7-6-9(20-11)3-1-5-12(18)16-17-13(19)10-4-2-8-15-10/h2,4,6-8,15H,1,3,5H2,(H,16,18)(H,17,19). The molecular weight excluding hydrogens is 342 g/mol. The van der Waals surface area contributed by atoms with E-state index in [1.807, 2.05) is 12.1 Å². The molecule has 0 bridgehead atoms. The van der Waals surface area contributed by atoms with Gasteiger partial charge in [-0.25, -0.2) is 0 Å². The van der Waals surface area contributed by atoms with Crippen LogP contribution >= 0.6 is 27.3 Å². The lowest BCUT2D eigenvalue weighted by Crippen LogP contribution is -2.41. The molecule has 0 saturated carbocycles. The summed E-state index contributed by atoms with van der Waals surface area (Å²) in [6, 6.07) is 7.39. The van der Waals surface area contributed by atoms with Crippen LogP contribution in [0.25, 0.3) is 0 Å². The Kier molecular flexibility index (Phi) is 5.37. The van der Waals surface area contributed by atoms with Crippen molar-refractivity contribution in [3.05, 3.63) is 44.8 Å². The highest BCUT2D eigenvalue weighted by Gasteiger charge is 2.07. The van der Waals surface area contributed by atoms with Crippen molar-refractivity contribution in [2.24, 2.45) is 0 Å². The number of hydrazine groups is 1. The molecule has 0 spiro atoms. The monoisotopic (exact) mass is 355 g/mol. The van der Waals surface area contributed by atoms with Gasteiger partial charge in [0.15, 0.2) is 0 Å². The van der Waals surface area contributed by atoms with Gasteiger partial charge in [-0.2, -0.15) is 0 Å². The smallest absolute Gasteiger partial charge is 0.286 e. The second-order valence-corrected chi connectivity index (χ2v) is 6.69. The van der Waals surface area contributed by atoms with Gasteiger partial charge < -0.3 is 4.98 Å². The van der Waals surface area contributed by atoms with Crippen molar-refractivity contribution >= 4 is 39.1 Å². The number of amides is 2. The van der Waals surface area contributed by atoms with Crippen molar-refractivity contribution in [2.75, 3.05) is 0 Å². The summed E-state index contributed by atoms with van der Waals surface area (Å²) < 4.78 is 1.09. The van der Waals surface area contributed by atoms with E-state index in [1.165, 1.54) is 4.88 Å². The van der Waals surface area contributed by atoms with Gasteiger partial charge in [0.25, 0.3) is 5.91 Å². The second kappa shape index (κ2) is 7.25. The van der Waals surface area contributed by atoms with Crippen LogP contribution in [0.1, 0.15) is 28.2 Å². The first-order valence-electron chi connectivity index (χ1n) is 6.12. The first kappa shape index (κ1) is 14.8. The molecule has 0 unspecified atom stereocenters. The van der Waals surface area contributed by atoms with Crippen LogP contribution in [0.2, 0.25) is 0 Å². The normalized spacial score (nSPS) is 10.2. The van der Waals surface area contributed by atoms with Crippen LogP contribution in [0.3, 0.4) is 0 Å². The largest absolute Gasteiger partial charge is 0.357 e. The summed E-state index contributed by atoms with van der Waals surface area (Å²) in [6.07, 6.45) is 3.63. The van der Waals surface area contributed by atoms with E-state index in [0.717, 1.165) is 16.6 Å². The van der Waals surface area contributed by atoms with Gasteiger partial charge in [-0.05, 0) is 53.0 Å². The lowest BCUT2D eigenvalue weighted by molar-refractivity contribution is -0.121. The van der Waals surface area contributed by atoms with Crippen LogP contribution in [-0.2, 0) is 11.2 Å². The van der Waals surface area contributed by atoms with Gasteiger partial charge in [-0.3, -0.25) is 20.4 Å². The number of thiophene rings is 1. The van der Waals surface area contributed by atoms with Gasteiger partial charge in [0.05, 0.1) is 3.79 Å². The highest BCUT2D eigenvalue weighted by atomic mass is 79.9. The van der Waals surface area contributed by atoms with Gasteiger partial charge in [0, 0.05) is 17.5 Å². The van der Waals surface area contributed by atoms with Crippen LogP contribution in [0.5, 0.6) is 0 Å². The predicted molar refractivity (Wildman–Crippen MR) is 81.4 cm³/mol. The van der Waals surface area contributed by atoms with Crippen molar-refractivity contribution in [1.29, 1.82) is 0 Å². The highest BCUT2D eigenvalue weighted by Crippen LogP contribution is 2.23. The Labute approximate surface area is 128 Å². The molecule has 0 aliphatic heterocycles. The van der Waals surface area contributed by atoms with E-state index in [-0.39, 0.29) is 11.8 Å². The van der Waals surface area contributed by atoms with Crippen molar-refractivity contribution in [1.82, 2.24) is 15.8 Å². The van der Waals surface area contributed by atoms with Gasteiger partial charge in [0.2, 0.25) is 5.91 Å². The number of aromatic nitrogens is 1. The zero-order valence-corrected chi connectivity index (χ0v) is 13.0. The summed E-state index contributed by atoms with van der Waals surface area (Å²) in [6.45, 7) is 0. The molecule has 20 heavy (non-hydrogen) atoms. The maximum absolute atomic E-state index is 11.6. The third-order valence-corrected chi connectivity index (χ3v) is 4.30. The Hall–Kier alpha value is -1.60. The minimum absolute atomic E-state index is 0.194. The van der Waals surface area contributed by atoms with Crippen molar-refractivity contribution in [2.45, 2.75) is 19.3 Å². The molecule has 2 heterocycles. The Morgan fingerprint density at radius 1 is 1.25 bits per heavy atom. The molecule has 3 N–H and O–H groups in total. The maximum atomic E-state index is 11.6. The number of carbonyl (C=O) groups excluding carboxylic acids is 2. The van der Waals surface area contributed by atoms with Gasteiger partial charge >= 0.3 is 0 Å². The molecule has 106 valence electrons. The number of aromatic amines is 1. The minimum Gasteiger partial charge on any atom is -0.357 e. The number of halogens is 1. The van der Waals surface area contributed by atoms with Crippen molar-refractivity contribution < 1.29 is 9.59 Å². The van der Waals surface area contributed by atoms with E-state index in [4.69, 9.17) is 0 Å². The minimum atomic E-state index is -0.356. The average Bonchev–Trinajstić information content (AvgIpc) is 3.07. The van der Waals surface area contributed by atoms with E-state index in [1.54, 1.807) is 29.7 Å². The summed E-state index contributed by atoms with van der Waals surface area (Å²) in [5, 5.41) is 0. The van der Waals surface area contributed by atoms with Crippen LogP contribution in [0.15, 0.2) is 34.2 Å². The van der Waals surface area contributed by atoms with E-state index in [2.05, 4.69) is 31.8 Å². The van der Waals surface area contributed by atoms with Crippen LogP contribution < -0.4 is 10.9 Å². The number of H-pyrrole nitrogens is 1. The molecule has 0 radical (unpaired) electrons. The fourth-order valence-electron chi connectivity index (χ4n) is 1.64. The number of nitrogens with one attached hydrogen (secondary N) is 3. The Balaban J connectivity index is 1.64. The molecule has 2 amide bonds. The molecule has 0 saturated heterocycles. The summed E-state index contributed by atoms with van der Waals surface area (Å²) in [5.41, 5.74) is 5.17. The van der Waals surface area contributed by atoms with Crippen LogP contribution in [0, 0.1) is 0 Å². The second-order valence-electron chi connectivity index (χ2n) is 4.15. The van der Waals surface area contributed by atoms with Crippen molar-refractivity contribution in [3.63, 3.8) is 0 Å². The zero-order valence-electron chi connectivity index (χ0n) is 10.6. The summed E-state index contributed by atoms with van der Waals surface area (Å²) in [7, 11) is 0. The summed E-state index contributed by atoms with van der Waals surface area (Å²) in [4.78, 5) is 27.1. The molecule has 2 aromatic heterocycles. The van der Waals surface area contributed by atoms with Gasteiger partial charge in [-0.1, -0.05) is 0 Å². The quantitative estimate of drug-likeness (QED) is 0.721. The SMILES string of the molecule is O=C(CCCc1ccc(Br)s1)NNC(=O)c1ccc[nH]1. The Morgan fingerprint density at radius 2 is 2.10 bits per heavy atom. The van der Waals surface area contributed by atoms with E-state index < -0.39 is 0 Å². The fourth-order valence-corrected chi connectivity index (χ4v) is 3.16. The molecule has 7 heteroatoms. The summed E-state index contributed by atoms with van der Waals surface area (Å²) >= 11 is 5.07. The molecule has 0 aromatic carbocycles. The van der Waals surface area contributed by atoms with Crippen molar-refractivity contribution in [3.8, 4) is 0 Å². The van der Waals surface area contributed by atoms with E-state index >= 15 is 0 Å². The van der Waals surface area contributed by atoms with Crippen LogP contribution in [-0.4, -0.2) is 16.8 Å². The Bertz CT molecular complexity index is 580. The summed E-state index contributed by atoms with van der Waals surface area (Å²) in [5.74, 6) is -0.550. The number of rotatable bonds is 5. The molecular formula is C13H14BrN3O2S. The molecule has 0 fully saturated rings. The maximum Gasteiger partial charge on any atom is 0.286 e. The molecule has 0 aliphatic rings. The zero-order chi connectivity index (χ0) is 14.4. The van der Waals surface area contributed by atoms with E-state index in [0.29, 0.717) is 12.1 Å². The molecule has 2 aromatic rings. The fraction of sp³-hybridized carbons (Fsp3) is 0.231. The predicted octanol–water partition coefficient (Wildman–Crippen LogP) is 2.62. The van der Waals surface area contributed by atoms with Gasteiger partial charge in [0.1, 0.15) is 5.69 Å². The molecule has 2 rings (SSSR count). The third-order valence-electron chi connectivity index (χ3n) is 2.61. The van der Waals surface area contributed by atoms with Crippen LogP contribution in [0.4, 0.5) is 0 Å². The molecule has 5 nitrogen and oxygen atoms in total. The van der Waals surface area contributed by atoms with Gasteiger partial charge in [-0.15, -0.1) is 11.3 Å². The number of carbonyl (C=O) groups is 2. The highest BCUT2D eigenvalue weighted by molar-refractivity contribution is 9.11. The third kappa shape index (κ3) is 4.50. The topological polar surface area (TPSA) is 74.0 Å². The molecule has 0 atom stereocenters. The average molecular weight is 356 g/mol. The number of hydrogen-bond acceptors (Lipinski definition) is 3. The first-order chi connectivity index (χ1) is 9.65. The lowest BCUT2D eigenvalue weighted by atomic mass is 10.2. The van der Waals surface area contributed by atoms with E-state index in [9.17, 15) is 9.59 Å². The number of aryl methyl sites for hydroxylation is 1. The Morgan fingerprint density at radius 3 is 2.75 bits per heavy atom. The lowest BCUT2D eigenvalue weighted by Gasteiger charge is -2.05.